The second kappa shape index (κ2) is 12.2. The van der Waals surface area contributed by atoms with Gasteiger partial charge < -0.3 is 35.3 Å². The highest BCUT2D eigenvalue weighted by Crippen LogP contribution is 2.43. The van der Waals surface area contributed by atoms with Gasteiger partial charge in [0.05, 0.1) is 25.2 Å². The van der Waals surface area contributed by atoms with E-state index >= 15 is 0 Å². The Morgan fingerprint density at radius 3 is 2.65 bits per heavy atom. The van der Waals surface area contributed by atoms with Crippen molar-refractivity contribution in [1.82, 2.24) is 15.2 Å². The van der Waals surface area contributed by atoms with Gasteiger partial charge in [-0.05, 0) is 0 Å². The number of oxime groups is 1. The molecule has 2 amide bonds. The van der Waals surface area contributed by atoms with Crippen molar-refractivity contribution < 1.29 is 48.0 Å². The van der Waals surface area contributed by atoms with E-state index in [1.165, 1.54) is 31.4 Å². The summed E-state index contributed by atoms with van der Waals surface area (Å²) in [5.74, 6) is -3.78. The number of aliphatic carboxylic acids is 1. The number of pyridine rings is 1. The van der Waals surface area contributed by atoms with E-state index in [1.807, 2.05) is 0 Å². The number of nitrogen functional groups attached to an aromatic ring is 1. The Morgan fingerprint density at radius 1 is 1.33 bits per heavy atom. The fourth-order valence-electron chi connectivity index (χ4n) is 4.69. The van der Waals surface area contributed by atoms with E-state index in [0.717, 1.165) is 28.0 Å². The Balaban J connectivity index is 1.29. The van der Waals surface area contributed by atoms with Crippen LogP contribution in [0.25, 0.3) is 0 Å². The van der Waals surface area contributed by atoms with E-state index in [4.69, 9.17) is 20.0 Å². The number of anilines is 1. The number of esters is 2. The zero-order chi connectivity index (χ0) is 30.9. The number of ether oxygens (including phenoxy) is 2. The van der Waals surface area contributed by atoms with Gasteiger partial charge in [-0.25, -0.2) is 14.3 Å². The van der Waals surface area contributed by atoms with Crippen molar-refractivity contribution in [2.45, 2.75) is 40.6 Å². The number of fused-ring (bicyclic) bond motifs is 1. The van der Waals surface area contributed by atoms with Gasteiger partial charge in [0.25, 0.3) is 16.7 Å². The highest BCUT2D eigenvalue weighted by molar-refractivity contribution is 8.01. The van der Waals surface area contributed by atoms with Crippen molar-refractivity contribution in [3.63, 3.8) is 0 Å². The van der Waals surface area contributed by atoms with Crippen LogP contribution < -0.4 is 20.7 Å². The number of rotatable bonds is 10. The van der Waals surface area contributed by atoms with Gasteiger partial charge in [-0.15, -0.1) is 23.1 Å². The molecule has 3 N–H and O–H groups in total. The molecule has 5 heterocycles. The number of cyclic esters (lactones) is 1. The molecule has 0 aromatic carbocycles. The van der Waals surface area contributed by atoms with E-state index < -0.39 is 46.1 Å². The molecule has 0 radical (unpaired) electrons. The molecule has 5 rings (SSSR count). The summed E-state index contributed by atoms with van der Waals surface area (Å²) in [6.45, 7) is 0.127. The summed E-state index contributed by atoms with van der Waals surface area (Å²) in [5.41, 5.74) is 5.82. The van der Waals surface area contributed by atoms with Gasteiger partial charge in [0.15, 0.2) is 29.8 Å². The van der Waals surface area contributed by atoms with Gasteiger partial charge in [-0.3, -0.25) is 19.3 Å². The summed E-state index contributed by atoms with van der Waals surface area (Å²) in [7, 11) is 2.47. The Morgan fingerprint density at radius 2 is 2.07 bits per heavy atom. The van der Waals surface area contributed by atoms with Crippen LogP contribution in [0.1, 0.15) is 18.5 Å². The molecule has 2 saturated heterocycles. The molecule has 0 saturated carbocycles. The van der Waals surface area contributed by atoms with Crippen molar-refractivity contribution in [3.05, 3.63) is 46.9 Å². The number of carboxylic acid groups (broad SMARTS) is 1. The molecule has 2 fully saturated rings. The quantitative estimate of drug-likeness (QED) is 0.102. The molecule has 3 aliphatic heterocycles. The molecule has 2 unspecified atom stereocenters. The average Bonchev–Trinajstić information content (AvgIpc) is 3.59. The summed E-state index contributed by atoms with van der Waals surface area (Å²) in [5, 5.41) is 19.5. The Bertz CT molecular complexity index is 1560. The minimum atomic E-state index is -1.52. The van der Waals surface area contributed by atoms with Crippen LogP contribution in [0.5, 0.6) is 0 Å². The molecule has 15 nitrogen and oxygen atoms in total. The van der Waals surface area contributed by atoms with Gasteiger partial charge in [-0.1, -0.05) is 16.9 Å². The lowest BCUT2D eigenvalue weighted by molar-refractivity contribution is -0.689. The lowest BCUT2D eigenvalue weighted by atomic mass is 10.0. The number of amides is 2. The maximum Gasteiger partial charge on any atom is 0.361 e. The van der Waals surface area contributed by atoms with Crippen LogP contribution in [-0.2, 0) is 44.8 Å². The maximum atomic E-state index is 13.1. The Labute approximate surface area is 256 Å². The van der Waals surface area contributed by atoms with Gasteiger partial charge in [0.1, 0.15) is 24.2 Å². The zero-order valence-electron chi connectivity index (χ0n) is 22.6. The second-order valence-corrected chi connectivity index (χ2v) is 12.7. The number of β-lactam (4-membered cyclic amide) rings is 1. The van der Waals surface area contributed by atoms with E-state index in [-0.39, 0.29) is 47.4 Å². The zero-order valence-corrected chi connectivity index (χ0v) is 25.1. The first-order chi connectivity index (χ1) is 20.6. The van der Waals surface area contributed by atoms with Crippen molar-refractivity contribution >= 4 is 75.4 Å². The van der Waals surface area contributed by atoms with Gasteiger partial charge in [0.2, 0.25) is 0 Å². The Kier molecular flexibility index (Phi) is 8.61. The van der Waals surface area contributed by atoms with Crippen LogP contribution in [0.15, 0.2) is 51.2 Å². The van der Waals surface area contributed by atoms with Crippen LogP contribution in [0.3, 0.4) is 0 Å². The minimum Gasteiger partial charge on any atom is -0.543 e. The first-order valence-electron chi connectivity index (χ1n) is 12.6. The molecular formula is C25H24N6O9S3. The lowest BCUT2D eigenvalue weighted by Crippen LogP contribution is -2.71. The predicted molar refractivity (Wildman–Crippen MR) is 150 cm³/mol. The lowest BCUT2D eigenvalue weighted by Gasteiger charge is -2.50. The van der Waals surface area contributed by atoms with Gasteiger partial charge >= 0.3 is 11.9 Å². The number of nitrogens with two attached hydrogens (primary N) is 1. The molecular weight excluding hydrogens is 625 g/mol. The summed E-state index contributed by atoms with van der Waals surface area (Å²) < 4.78 is 11.8. The molecule has 0 spiro atoms. The van der Waals surface area contributed by atoms with Gasteiger partial charge in [0, 0.05) is 40.2 Å². The maximum absolute atomic E-state index is 13.1. The third-order valence-corrected chi connectivity index (χ3v) is 9.94. The largest absolute Gasteiger partial charge is 0.543 e. The normalized spacial score (nSPS) is 23.3. The predicted octanol–water partition coefficient (Wildman–Crippen LogP) is -1.23. The molecule has 3 atom stereocenters. The number of thiazole rings is 1. The number of nitrogens with zero attached hydrogens (tertiary/aromatic N) is 4. The number of carbonyl (C=O) groups is 5. The molecule has 2 aromatic rings. The van der Waals surface area contributed by atoms with Crippen molar-refractivity contribution in [2.24, 2.45) is 5.16 Å². The summed E-state index contributed by atoms with van der Waals surface area (Å²) >= 11 is 3.44. The van der Waals surface area contributed by atoms with Crippen molar-refractivity contribution in [3.8, 4) is 0 Å². The number of hydrogen-bond donors (Lipinski definition) is 2. The third kappa shape index (κ3) is 5.89. The molecule has 0 aliphatic carbocycles. The smallest absolute Gasteiger partial charge is 0.361 e. The Hall–Kier alpha value is -4.16. The summed E-state index contributed by atoms with van der Waals surface area (Å²) in [6, 6.07) is 2.37. The molecule has 3 aliphatic rings. The number of carboxylic acids is 1. The van der Waals surface area contributed by atoms with Crippen LogP contribution in [-0.4, -0.2) is 81.6 Å². The molecule has 0 bridgehead atoms. The minimum absolute atomic E-state index is 0.0936. The molecule has 18 heteroatoms. The highest BCUT2D eigenvalue weighted by atomic mass is 32.2. The molecule has 226 valence electrons. The average molecular weight is 649 g/mol. The third-order valence-electron chi connectivity index (χ3n) is 6.64. The van der Waals surface area contributed by atoms with Crippen molar-refractivity contribution in [2.75, 3.05) is 25.7 Å². The van der Waals surface area contributed by atoms with E-state index in [2.05, 4.69) is 15.5 Å². The number of methoxy groups -OCH3 is 1. The topological polar surface area (TPSA) is 207 Å². The molecule has 43 heavy (non-hydrogen) atoms. The first-order valence-corrected chi connectivity index (χ1v) is 15.3. The van der Waals surface area contributed by atoms with E-state index in [1.54, 1.807) is 29.1 Å². The number of aromatic nitrogens is 2. The second-order valence-electron chi connectivity index (χ2n) is 9.32. The van der Waals surface area contributed by atoms with Crippen LogP contribution in [0.4, 0.5) is 5.13 Å². The fourth-order valence-corrected chi connectivity index (χ4v) is 7.72. The number of thioether (sulfide) groups is 2. The van der Waals surface area contributed by atoms with Crippen molar-refractivity contribution in [1.29, 1.82) is 0 Å². The van der Waals surface area contributed by atoms with E-state index in [0.29, 0.717) is 10.5 Å². The van der Waals surface area contributed by atoms with Crippen LogP contribution in [0, 0.1) is 0 Å². The van der Waals surface area contributed by atoms with Crippen LogP contribution >= 0.6 is 34.9 Å². The number of nitrogens with one attached hydrogen (secondary N) is 1. The standard InChI is InChI=1S/C25H24N6O9S3/c1-38-23(37)25(6-3-15(32)40-25)43-13-4-7-30(8-5-13)9-12-10-41-21-17(20(34)31(21)18(12)22(35)36)28-19(33)16(29-39-2)14-11-42-24(26)27-14/h4-5,7-8,11,17,21H,3,6,9-10H2,1-2H3,(H3-,26,27,28,33,35,36)/b29-16-/t17?,21-,25?/m1/s1. The SMILES string of the molecule is CO/N=C(\C(=O)NC1C(=O)N2C(C(=O)[O-])=C(C[n+]3ccc(SC4(C(=O)OC)CCC(=O)O4)cc3)CS[C@H]12)c1csc(N)n1. The monoisotopic (exact) mass is 648 g/mol. The van der Waals surface area contributed by atoms with E-state index in [9.17, 15) is 29.1 Å². The highest BCUT2D eigenvalue weighted by Gasteiger charge is 2.54. The molecule has 2 aromatic heterocycles. The van der Waals surface area contributed by atoms with Crippen LogP contribution in [0.2, 0.25) is 0 Å². The fraction of sp³-hybridized carbons (Fsp3) is 0.360. The summed E-state index contributed by atoms with van der Waals surface area (Å²) in [4.78, 5) is 71.3. The number of hydrogen-bond acceptors (Lipinski definition) is 15. The number of carbonyl (C=O) groups excluding carboxylic acids is 5. The van der Waals surface area contributed by atoms with Gasteiger partial charge in [-0.2, -0.15) is 0 Å². The first kappa shape index (κ1) is 30.3. The summed E-state index contributed by atoms with van der Waals surface area (Å²) in [6.07, 6.45) is 3.60.